The Morgan fingerprint density at radius 3 is 3.00 bits per heavy atom. The maximum absolute atomic E-state index is 5.96. The molecule has 0 bridgehead atoms. The predicted octanol–water partition coefficient (Wildman–Crippen LogP) is 2.45. The lowest BCUT2D eigenvalue weighted by Crippen LogP contribution is -2.36. The number of nitrogens with zero attached hydrogens (tertiary/aromatic N) is 4. The van der Waals surface area contributed by atoms with Gasteiger partial charge in [-0.15, -0.1) is 16.7 Å². The van der Waals surface area contributed by atoms with E-state index in [9.17, 15) is 0 Å². The van der Waals surface area contributed by atoms with Crippen LogP contribution in [0.25, 0.3) is 0 Å². The number of alkyl halides is 1. The number of halogens is 1. The molecule has 1 aliphatic rings. The second kappa shape index (κ2) is 5.83. The first-order chi connectivity index (χ1) is 8.16. The highest BCUT2D eigenvalue weighted by atomic mass is 35.5. The molecule has 96 valence electrons. The summed E-state index contributed by atoms with van der Waals surface area (Å²) in [7, 11) is 2.22. The van der Waals surface area contributed by atoms with E-state index >= 15 is 0 Å². The maximum atomic E-state index is 5.96. The second-order valence-corrected chi connectivity index (χ2v) is 5.60. The van der Waals surface area contributed by atoms with E-state index in [4.69, 9.17) is 11.6 Å². The number of rotatable bonds is 4. The van der Waals surface area contributed by atoms with Gasteiger partial charge in [0.05, 0.1) is 5.38 Å². The lowest BCUT2D eigenvalue weighted by molar-refractivity contribution is 0.169. The molecule has 1 aromatic heterocycles. The van der Waals surface area contributed by atoms with Crippen LogP contribution in [0.1, 0.15) is 43.7 Å². The van der Waals surface area contributed by atoms with Gasteiger partial charge in [-0.3, -0.25) is 4.68 Å². The Bertz CT molecular complexity index is 350. The van der Waals surface area contributed by atoms with E-state index in [-0.39, 0.29) is 5.38 Å². The second-order valence-electron chi connectivity index (χ2n) is 4.94. The molecule has 0 aromatic carbocycles. The minimum absolute atomic E-state index is 0.0545. The molecule has 2 heterocycles. The molecule has 1 saturated heterocycles. The molecule has 2 rings (SSSR count). The highest BCUT2D eigenvalue weighted by molar-refractivity contribution is 6.20. The average Bonchev–Trinajstić information content (AvgIpc) is 2.77. The molecule has 5 heteroatoms. The molecule has 4 nitrogen and oxygen atoms in total. The predicted molar refractivity (Wildman–Crippen MR) is 69.2 cm³/mol. The van der Waals surface area contributed by atoms with Crippen molar-refractivity contribution in [2.75, 3.05) is 13.6 Å². The Morgan fingerprint density at radius 1 is 1.53 bits per heavy atom. The number of aromatic nitrogens is 3. The standard InChI is InChI=1S/C12H21ClN4/c1-10(13)12-9-17(15-14-12)8-6-11-5-3-4-7-16(11)2/h9-11H,3-8H2,1-2H3. The number of aryl methyl sites for hydroxylation is 1. The summed E-state index contributed by atoms with van der Waals surface area (Å²) < 4.78 is 1.91. The largest absolute Gasteiger partial charge is 0.303 e. The quantitative estimate of drug-likeness (QED) is 0.776. The van der Waals surface area contributed by atoms with Gasteiger partial charge in [-0.25, -0.2) is 0 Å². The maximum Gasteiger partial charge on any atom is 0.100 e. The summed E-state index contributed by atoms with van der Waals surface area (Å²) in [6.45, 7) is 4.09. The van der Waals surface area contributed by atoms with E-state index in [1.165, 1.54) is 25.8 Å². The van der Waals surface area contributed by atoms with Crippen LogP contribution >= 0.6 is 11.6 Å². The van der Waals surface area contributed by atoms with E-state index in [2.05, 4.69) is 22.3 Å². The van der Waals surface area contributed by atoms with Gasteiger partial charge in [0.25, 0.3) is 0 Å². The fraction of sp³-hybridized carbons (Fsp3) is 0.833. The van der Waals surface area contributed by atoms with Crippen molar-refractivity contribution in [2.45, 2.75) is 50.6 Å². The number of hydrogen-bond acceptors (Lipinski definition) is 3. The monoisotopic (exact) mass is 256 g/mol. The third-order valence-electron chi connectivity index (χ3n) is 3.58. The normalized spacial score (nSPS) is 23.8. The van der Waals surface area contributed by atoms with Gasteiger partial charge in [0.15, 0.2) is 0 Å². The zero-order valence-electron chi connectivity index (χ0n) is 10.6. The Hall–Kier alpha value is -0.610. The summed E-state index contributed by atoms with van der Waals surface area (Å²) in [6.07, 6.45) is 7.11. The van der Waals surface area contributed by atoms with Crippen LogP contribution in [0.5, 0.6) is 0 Å². The molecule has 17 heavy (non-hydrogen) atoms. The van der Waals surface area contributed by atoms with E-state index < -0.39 is 0 Å². The minimum atomic E-state index is -0.0545. The molecule has 0 aliphatic carbocycles. The van der Waals surface area contributed by atoms with E-state index in [1.807, 2.05) is 17.8 Å². The van der Waals surface area contributed by atoms with Gasteiger partial charge in [-0.05, 0) is 39.8 Å². The van der Waals surface area contributed by atoms with Crippen LogP contribution in [0.3, 0.4) is 0 Å². The van der Waals surface area contributed by atoms with E-state index in [0.29, 0.717) is 6.04 Å². The molecular weight excluding hydrogens is 236 g/mol. The molecule has 2 unspecified atom stereocenters. The van der Waals surface area contributed by atoms with E-state index in [0.717, 1.165) is 18.7 Å². The SMILES string of the molecule is CC(Cl)c1cn(CCC2CCCCN2C)nn1. The molecule has 1 aliphatic heterocycles. The topological polar surface area (TPSA) is 34.0 Å². The first-order valence-corrected chi connectivity index (χ1v) is 6.85. The average molecular weight is 257 g/mol. The molecule has 1 fully saturated rings. The van der Waals surface area contributed by atoms with Crippen molar-refractivity contribution in [3.05, 3.63) is 11.9 Å². The van der Waals surface area contributed by atoms with Gasteiger partial charge in [0.2, 0.25) is 0 Å². The summed E-state index contributed by atoms with van der Waals surface area (Å²) >= 11 is 5.96. The van der Waals surface area contributed by atoms with Crippen LogP contribution in [0.4, 0.5) is 0 Å². The van der Waals surface area contributed by atoms with Crippen molar-refractivity contribution in [2.24, 2.45) is 0 Å². The van der Waals surface area contributed by atoms with Crippen LogP contribution in [0.15, 0.2) is 6.20 Å². The highest BCUT2D eigenvalue weighted by Crippen LogP contribution is 2.19. The van der Waals surface area contributed by atoms with Crippen LogP contribution in [0.2, 0.25) is 0 Å². The molecule has 0 saturated carbocycles. The summed E-state index contributed by atoms with van der Waals surface area (Å²) in [5, 5.41) is 8.12. The van der Waals surface area contributed by atoms with Gasteiger partial charge in [-0.1, -0.05) is 11.6 Å². The minimum Gasteiger partial charge on any atom is -0.303 e. The van der Waals surface area contributed by atoms with Gasteiger partial charge in [0.1, 0.15) is 5.69 Å². The summed E-state index contributed by atoms with van der Waals surface area (Å²) in [4.78, 5) is 2.46. The Balaban J connectivity index is 1.84. The van der Waals surface area contributed by atoms with Gasteiger partial charge >= 0.3 is 0 Å². The Kier molecular flexibility index (Phi) is 4.40. The third-order valence-corrected chi connectivity index (χ3v) is 3.80. The molecule has 0 spiro atoms. The molecular formula is C12H21ClN4. The Morgan fingerprint density at radius 2 is 2.35 bits per heavy atom. The number of hydrogen-bond donors (Lipinski definition) is 0. The van der Waals surface area contributed by atoms with Crippen LogP contribution < -0.4 is 0 Å². The van der Waals surface area contributed by atoms with Crippen LogP contribution in [-0.2, 0) is 6.54 Å². The van der Waals surface area contributed by atoms with Crippen LogP contribution in [-0.4, -0.2) is 39.5 Å². The molecule has 0 N–H and O–H groups in total. The fourth-order valence-electron chi connectivity index (χ4n) is 2.40. The zero-order valence-corrected chi connectivity index (χ0v) is 11.4. The van der Waals surface area contributed by atoms with Crippen molar-refractivity contribution in [1.29, 1.82) is 0 Å². The van der Waals surface area contributed by atoms with Crippen molar-refractivity contribution in [3.63, 3.8) is 0 Å². The first-order valence-electron chi connectivity index (χ1n) is 6.41. The Labute approximate surface area is 108 Å². The van der Waals surface area contributed by atoms with Crippen molar-refractivity contribution in [3.8, 4) is 0 Å². The first kappa shape index (κ1) is 12.8. The molecule has 2 atom stereocenters. The highest BCUT2D eigenvalue weighted by Gasteiger charge is 2.18. The fourth-order valence-corrected chi connectivity index (χ4v) is 2.50. The number of piperidine rings is 1. The molecule has 0 radical (unpaired) electrons. The molecule has 1 aromatic rings. The van der Waals surface area contributed by atoms with E-state index in [1.54, 1.807) is 0 Å². The zero-order chi connectivity index (χ0) is 12.3. The summed E-state index contributed by atoms with van der Waals surface area (Å²) in [5.74, 6) is 0. The lowest BCUT2D eigenvalue weighted by atomic mass is 10.0. The van der Waals surface area contributed by atoms with Crippen molar-refractivity contribution >= 4 is 11.6 Å². The van der Waals surface area contributed by atoms with Crippen molar-refractivity contribution < 1.29 is 0 Å². The lowest BCUT2D eigenvalue weighted by Gasteiger charge is -2.32. The molecule has 0 amide bonds. The van der Waals surface area contributed by atoms with Crippen LogP contribution in [0, 0.1) is 0 Å². The summed E-state index contributed by atoms with van der Waals surface area (Å²) in [6, 6.07) is 0.699. The smallest absolute Gasteiger partial charge is 0.100 e. The van der Waals surface area contributed by atoms with Gasteiger partial charge < -0.3 is 4.90 Å². The van der Waals surface area contributed by atoms with Gasteiger partial charge in [0, 0.05) is 18.8 Å². The third kappa shape index (κ3) is 3.42. The van der Waals surface area contributed by atoms with Crippen molar-refractivity contribution in [1.82, 2.24) is 19.9 Å². The summed E-state index contributed by atoms with van der Waals surface area (Å²) in [5.41, 5.74) is 0.865. The number of likely N-dealkylation sites (tertiary alicyclic amines) is 1. The van der Waals surface area contributed by atoms with Gasteiger partial charge in [-0.2, -0.15) is 0 Å².